The van der Waals surface area contributed by atoms with Crippen LogP contribution in [0.2, 0.25) is 0 Å². The summed E-state index contributed by atoms with van der Waals surface area (Å²) in [6, 6.07) is 7.01. The number of aryl methyl sites for hydroxylation is 1. The molecule has 0 aliphatic carbocycles. The van der Waals surface area contributed by atoms with Crippen molar-refractivity contribution in [2.75, 3.05) is 14.2 Å². The number of benzene rings is 1. The van der Waals surface area contributed by atoms with E-state index in [2.05, 4.69) is 17.0 Å². The maximum absolute atomic E-state index is 12.2. The Morgan fingerprint density at radius 3 is 2.37 bits per heavy atom. The van der Waals surface area contributed by atoms with Gasteiger partial charge in [-0.2, -0.15) is 0 Å². The van der Waals surface area contributed by atoms with Crippen molar-refractivity contribution in [3.8, 4) is 0 Å². The molecule has 1 atom stereocenters. The van der Waals surface area contributed by atoms with Crippen molar-refractivity contribution >= 4 is 11.8 Å². The SMILES string of the molecule is CCCc1ccc(C(=O)C(CC(=O)OC)NC)cc1. The number of esters is 1. The third-order valence-corrected chi connectivity index (χ3v) is 3.04. The van der Waals surface area contributed by atoms with Crippen LogP contribution in [-0.2, 0) is 16.0 Å². The highest BCUT2D eigenvalue weighted by molar-refractivity contribution is 6.01. The topological polar surface area (TPSA) is 55.4 Å². The second-order valence-corrected chi connectivity index (χ2v) is 4.43. The minimum Gasteiger partial charge on any atom is -0.469 e. The molecule has 1 aromatic rings. The van der Waals surface area contributed by atoms with Crippen molar-refractivity contribution in [1.29, 1.82) is 0 Å². The lowest BCUT2D eigenvalue weighted by Gasteiger charge is -2.13. The summed E-state index contributed by atoms with van der Waals surface area (Å²) in [5.74, 6) is -0.480. The fourth-order valence-corrected chi connectivity index (χ4v) is 1.90. The van der Waals surface area contributed by atoms with Gasteiger partial charge in [0.2, 0.25) is 0 Å². The second kappa shape index (κ2) is 7.69. The van der Waals surface area contributed by atoms with E-state index in [1.165, 1.54) is 12.7 Å². The first-order chi connectivity index (χ1) is 9.12. The largest absolute Gasteiger partial charge is 0.469 e. The molecular weight excluding hydrogens is 242 g/mol. The zero-order valence-corrected chi connectivity index (χ0v) is 11.7. The van der Waals surface area contributed by atoms with Gasteiger partial charge in [0, 0.05) is 5.56 Å². The summed E-state index contributed by atoms with van der Waals surface area (Å²) in [5.41, 5.74) is 1.83. The van der Waals surface area contributed by atoms with Crippen LogP contribution in [0.3, 0.4) is 0 Å². The van der Waals surface area contributed by atoms with E-state index in [0.717, 1.165) is 12.8 Å². The zero-order chi connectivity index (χ0) is 14.3. The van der Waals surface area contributed by atoms with Crippen molar-refractivity contribution in [3.63, 3.8) is 0 Å². The van der Waals surface area contributed by atoms with Gasteiger partial charge >= 0.3 is 5.97 Å². The number of likely N-dealkylation sites (N-methyl/N-ethyl adjacent to an activating group) is 1. The maximum atomic E-state index is 12.2. The molecule has 1 N–H and O–H groups in total. The fraction of sp³-hybridized carbons (Fsp3) is 0.467. The van der Waals surface area contributed by atoms with E-state index >= 15 is 0 Å². The molecule has 0 amide bonds. The predicted octanol–water partition coefficient (Wildman–Crippen LogP) is 1.97. The smallest absolute Gasteiger partial charge is 0.307 e. The molecule has 0 radical (unpaired) electrons. The highest BCUT2D eigenvalue weighted by atomic mass is 16.5. The van der Waals surface area contributed by atoms with E-state index in [4.69, 9.17) is 0 Å². The summed E-state index contributed by atoms with van der Waals surface area (Å²) < 4.78 is 4.59. The molecule has 0 heterocycles. The number of nitrogens with one attached hydrogen (secondary N) is 1. The maximum Gasteiger partial charge on any atom is 0.307 e. The standard InChI is InChI=1S/C15H21NO3/c1-4-5-11-6-8-12(9-7-11)15(18)13(16-2)10-14(17)19-3/h6-9,13,16H,4-5,10H2,1-3H3. The Bertz CT molecular complexity index is 426. The Labute approximate surface area is 114 Å². The first-order valence-electron chi connectivity index (χ1n) is 6.49. The first kappa shape index (κ1) is 15.4. The summed E-state index contributed by atoms with van der Waals surface area (Å²) in [6.45, 7) is 2.12. The van der Waals surface area contributed by atoms with Gasteiger partial charge in [0.05, 0.1) is 19.6 Å². The Kier molecular flexibility index (Phi) is 6.22. The minimum atomic E-state index is -0.538. The Hall–Kier alpha value is -1.68. The monoisotopic (exact) mass is 263 g/mol. The molecule has 1 rings (SSSR count). The minimum absolute atomic E-state index is 0.0442. The Morgan fingerprint density at radius 1 is 1.26 bits per heavy atom. The molecular formula is C15H21NO3. The number of hydrogen-bond acceptors (Lipinski definition) is 4. The van der Waals surface area contributed by atoms with E-state index in [1.807, 2.05) is 24.3 Å². The van der Waals surface area contributed by atoms with Gasteiger partial charge in [0.25, 0.3) is 0 Å². The number of ketones is 1. The van der Waals surface area contributed by atoms with Crippen LogP contribution >= 0.6 is 0 Å². The van der Waals surface area contributed by atoms with E-state index in [-0.39, 0.29) is 12.2 Å². The van der Waals surface area contributed by atoms with E-state index in [9.17, 15) is 9.59 Å². The molecule has 1 aromatic carbocycles. The number of carbonyl (C=O) groups excluding carboxylic acids is 2. The van der Waals surface area contributed by atoms with Crippen molar-refractivity contribution in [2.45, 2.75) is 32.2 Å². The number of ether oxygens (including phenoxy) is 1. The molecule has 0 aromatic heterocycles. The Balaban J connectivity index is 2.76. The lowest BCUT2D eigenvalue weighted by Crippen LogP contribution is -2.36. The number of rotatable bonds is 7. The lowest BCUT2D eigenvalue weighted by atomic mass is 9.99. The molecule has 0 spiro atoms. The summed E-state index contributed by atoms with van der Waals surface area (Å²) in [5, 5.41) is 2.85. The molecule has 4 nitrogen and oxygen atoms in total. The molecule has 0 fully saturated rings. The van der Waals surface area contributed by atoms with Crippen molar-refractivity contribution in [3.05, 3.63) is 35.4 Å². The third kappa shape index (κ3) is 4.48. The quantitative estimate of drug-likeness (QED) is 0.603. The van der Waals surface area contributed by atoms with E-state index < -0.39 is 12.0 Å². The second-order valence-electron chi connectivity index (χ2n) is 4.43. The van der Waals surface area contributed by atoms with Crippen molar-refractivity contribution in [2.24, 2.45) is 0 Å². The normalized spacial score (nSPS) is 11.9. The molecule has 19 heavy (non-hydrogen) atoms. The van der Waals surface area contributed by atoms with Crippen LogP contribution in [0.4, 0.5) is 0 Å². The van der Waals surface area contributed by atoms with Gasteiger partial charge in [0.1, 0.15) is 0 Å². The van der Waals surface area contributed by atoms with Gasteiger partial charge in [-0.1, -0.05) is 37.6 Å². The van der Waals surface area contributed by atoms with E-state index in [0.29, 0.717) is 5.56 Å². The Morgan fingerprint density at radius 2 is 1.89 bits per heavy atom. The van der Waals surface area contributed by atoms with Gasteiger partial charge in [-0.25, -0.2) is 0 Å². The highest BCUT2D eigenvalue weighted by Gasteiger charge is 2.21. The average molecular weight is 263 g/mol. The third-order valence-electron chi connectivity index (χ3n) is 3.04. The zero-order valence-electron chi connectivity index (χ0n) is 11.7. The van der Waals surface area contributed by atoms with Crippen LogP contribution in [0.15, 0.2) is 24.3 Å². The molecule has 1 unspecified atom stereocenters. The van der Waals surface area contributed by atoms with Crippen LogP contribution in [0.5, 0.6) is 0 Å². The van der Waals surface area contributed by atoms with Crippen LogP contribution in [0.1, 0.15) is 35.7 Å². The first-order valence-corrected chi connectivity index (χ1v) is 6.49. The van der Waals surface area contributed by atoms with Crippen molar-refractivity contribution in [1.82, 2.24) is 5.32 Å². The molecule has 0 saturated heterocycles. The molecule has 0 aliphatic rings. The number of hydrogen-bond donors (Lipinski definition) is 1. The molecule has 0 saturated carbocycles. The number of methoxy groups -OCH3 is 1. The summed E-state index contributed by atoms with van der Waals surface area (Å²) in [7, 11) is 2.98. The van der Waals surface area contributed by atoms with Crippen molar-refractivity contribution < 1.29 is 14.3 Å². The van der Waals surface area contributed by atoms with Gasteiger partial charge in [-0.15, -0.1) is 0 Å². The highest BCUT2D eigenvalue weighted by Crippen LogP contribution is 2.10. The van der Waals surface area contributed by atoms with Gasteiger partial charge < -0.3 is 10.1 Å². The summed E-state index contributed by atoms with van der Waals surface area (Å²) in [6.07, 6.45) is 2.13. The fourth-order valence-electron chi connectivity index (χ4n) is 1.90. The van der Waals surface area contributed by atoms with Crippen LogP contribution < -0.4 is 5.32 Å². The number of Topliss-reactive ketones (excluding diaryl/α,β-unsaturated/α-hetero) is 1. The van der Waals surface area contributed by atoms with Gasteiger partial charge in [-0.3, -0.25) is 9.59 Å². The van der Waals surface area contributed by atoms with Gasteiger partial charge in [0.15, 0.2) is 5.78 Å². The van der Waals surface area contributed by atoms with E-state index in [1.54, 1.807) is 7.05 Å². The number of carbonyl (C=O) groups is 2. The van der Waals surface area contributed by atoms with Crippen LogP contribution in [0.25, 0.3) is 0 Å². The average Bonchev–Trinajstić information content (AvgIpc) is 2.45. The predicted molar refractivity (Wildman–Crippen MR) is 74.2 cm³/mol. The molecule has 0 aliphatic heterocycles. The molecule has 104 valence electrons. The van der Waals surface area contributed by atoms with Gasteiger partial charge in [-0.05, 0) is 19.0 Å². The lowest BCUT2D eigenvalue weighted by molar-refractivity contribution is -0.140. The molecule has 4 heteroatoms. The van der Waals surface area contributed by atoms with Crippen LogP contribution in [-0.4, -0.2) is 32.0 Å². The van der Waals surface area contributed by atoms with Crippen LogP contribution in [0, 0.1) is 0 Å². The summed E-state index contributed by atoms with van der Waals surface area (Å²) >= 11 is 0. The summed E-state index contributed by atoms with van der Waals surface area (Å²) in [4.78, 5) is 23.5. The molecule has 0 bridgehead atoms.